The first-order chi connectivity index (χ1) is 12.9. The highest BCUT2D eigenvalue weighted by Crippen LogP contribution is 2.23. The molecule has 2 N–H and O–H groups in total. The van der Waals surface area contributed by atoms with Crippen molar-refractivity contribution in [2.24, 2.45) is 0 Å². The van der Waals surface area contributed by atoms with E-state index in [1.165, 1.54) is 24.8 Å². The second-order valence-corrected chi connectivity index (χ2v) is 7.48. The van der Waals surface area contributed by atoms with E-state index >= 15 is 0 Å². The molecule has 0 aliphatic carbocycles. The number of Topliss-reactive ketones (excluding diaryl/α,β-unsaturated/α-hetero) is 1. The number of hydrogen-bond donors (Lipinski definition) is 2. The van der Waals surface area contributed by atoms with Crippen molar-refractivity contribution in [3.63, 3.8) is 0 Å². The van der Waals surface area contributed by atoms with Gasteiger partial charge in [-0.15, -0.1) is 0 Å². The van der Waals surface area contributed by atoms with Crippen LogP contribution in [0.3, 0.4) is 0 Å². The van der Waals surface area contributed by atoms with Crippen molar-refractivity contribution in [1.82, 2.24) is 9.97 Å². The number of H-pyrrole nitrogens is 1. The Morgan fingerprint density at radius 3 is 2.70 bits per heavy atom. The van der Waals surface area contributed by atoms with Crippen molar-refractivity contribution in [2.45, 2.75) is 56.9 Å². The number of aryl methyl sites for hydroxylation is 1. The molecular formula is C20H25N3O3S. The van der Waals surface area contributed by atoms with Gasteiger partial charge in [0.25, 0.3) is 5.56 Å². The molecule has 1 unspecified atom stereocenters. The SMILES string of the molecule is CCCCc1cc(=O)[nH]c(SC(CC)C(=O)Nc2cccc(C(C)=O)c2)n1. The summed E-state index contributed by atoms with van der Waals surface area (Å²) in [6.45, 7) is 5.48. The molecule has 2 rings (SSSR count). The third kappa shape index (κ3) is 6.36. The largest absolute Gasteiger partial charge is 0.325 e. The molecule has 7 heteroatoms. The summed E-state index contributed by atoms with van der Waals surface area (Å²) in [5.74, 6) is -0.247. The van der Waals surface area contributed by atoms with E-state index in [0.29, 0.717) is 22.8 Å². The molecule has 1 amide bonds. The van der Waals surface area contributed by atoms with Gasteiger partial charge in [0.15, 0.2) is 10.9 Å². The van der Waals surface area contributed by atoms with E-state index in [9.17, 15) is 14.4 Å². The molecular weight excluding hydrogens is 362 g/mol. The monoisotopic (exact) mass is 387 g/mol. The Bertz CT molecular complexity index is 864. The third-order valence-electron chi connectivity index (χ3n) is 4.01. The van der Waals surface area contributed by atoms with Crippen molar-refractivity contribution < 1.29 is 9.59 Å². The summed E-state index contributed by atoms with van der Waals surface area (Å²) in [7, 11) is 0. The molecule has 0 saturated carbocycles. The molecule has 1 aromatic heterocycles. The molecule has 0 saturated heterocycles. The zero-order valence-electron chi connectivity index (χ0n) is 15.9. The van der Waals surface area contributed by atoms with Crippen molar-refractivity contribution in [3.8, 4) is 0 Å². The number of aromatic nitrogens is 2. The molecule has 1 heterocycles. The third-order valence-corrected chi connectivity index (χ3v) is 5.26. The average molecular weight is 388 g/mol. The van der Waals surface area contributed by atoms with Gasteiger partial charge in [-0.3, -0.25) is 14.4 Å². The van der Waals surface area contributed by atoms with Gasteiger partial charge in [-0.1, -0.05) is 44.2 Å². The molecule has 144 valence electrons. The van der Waals surface area contributed by atoms with E-state index in [-0.39, 0.29) is 17.2 Å². The second-order valence-electron chi connectivity index (χ2n) is 6.29. The number of benzene rings is 1. The van der Waals surface area contributed by atoms with Crippen LogP contribution in [0.15, 0.2) is 40.3 Å². The number of unbranched alkanes of at least 4 members (excludes halogenated alkanes) is 1. The Balaban J connectivity index is 2.11. The summed E-state index contributed by atoms with van der Waals surface area (Å²) >= 11 is 1.24. The fourth-order valence-corrected chi connectivity index (χ4v) is 3.45. The van der Waals surface area contributed by atoms with E-state index in [0.717, 1.165) is 25.0 Å². The van der Waals surface area contributed by atoms with Gasteiger partial charge >= 0.3 is 0 Å². The first-order valence-electron chi connectivity index (χ1n) is 9.11. The van der Waals surface area contributed by atoms with E-state index in [4.69, 9.17) is 0 Å². The number of amides is 1. The quantitative estimate of drug-likeness (QED) is 0.388. The minimum atomic E-state index is -0.407. The maximum atomic E-state index is 12.6. The van der Waals surface area contributed by atoms with Gasteiger partial charge in [0, 0.05) is 23.0 Å². The van der Waals surface area contributed by atoms with Crippen LogP contribution in [0.25, 0.3) is 0 Å². The van der Waals surface area contributed by atoms with Crippen LogP contribution in [0, 0.1) is 0 Å². The number of thioether (sulfide) groups is 1. The number of rotatable bonds is 9. The van der Waals surface area contributed by atoms with E-state index in [2.05, 4.69) is 22.2 Å². The van der Waals surface area contributed by atoms with Gasteiger partial charge in [-0.2, -0.15) is 0 Å². The molecule has 0 fully saturated rings. The number of nitrogens with one attached hydrogen (secondary N) is 2. The number of carbonyl (C=O) groups is 2. The lowest BCUT2D eigenvalue weighted by Crippen LogP contribution is -2.25. The summed E-state index contributed by atoms with van der Waals surface area (Å²) in [5.41, 5.74) is 1.66. The molecule has 1 aromatic carbocycles. The number of carbonyl (C=O) groups excluding carboxylic acids is 2. The molecule has 1 atom stereocenters. The lowest BCUT2D eigenvalue weighted by Gasteiger charge is -2.15. The zero-order chi connectivity index (χ0) is 19.8. The minimum absolute atomic E-state index is 0.0572. The Morgan fingerprint density at radius 1 is 1.26 bits per heavy atom. The minimum Gasteiger partial charge on any atom is -0.325 e. The topological polar surface area (TPSA) is 91.9 Å². The lowest BCUT2D eigenvalue weighted by atomic mass is 10.1. The van der Waals surface area contributed by atoms with Crippen LogP contribution in [0.2, 0.25) is 0 Å². The highest BCUT2D eigenvalue weighted by molar-refractivity contribution is 8.00. The summed E-state index contributed by atoms with van der Waals surface area (Å²) in [6, 6.07) is 8.35. The summed E-state index contributed by atoms with van der Waals surface area (Å²) in [5, 5.41) is 2.89. The number of ketones is 1. The number of hydrogen-bond acceptors (Lipinski definition) is 5. The maximum Gasteiger partial charge on any atom is 0.251 e. The summed E-state index contributed by atoms with van der Waals surface area (Å²) < 4.78 is 0. The molecule has 0 aliphatic rings. The highest BCUT2D eigenvalue weighted by Gasteiger charge is 2.20. The molecule has 6 nitrogen and oxygen atoms in total. The predicted octanol–water partition coefficient (Wildman–Crippen LogP) is 3.82. The Morgan fingerprint density at radius 2 is 2.04 bits per heavy atom. The lowest BCUT2D eigenvalue weighted by molar-refractivity contribution is -0.115. The molecule has 0 bridgehead atoms. The predicted molar refractivity (Wildman–Crippen MR) is 108 cm³/mol. The van der Waals surface area contributed by atoms with Crippen LogP contribution < -0.4 is 10.9 Å². The van der Waals surface area contributed by atoms with Crippen LogP contribution in [0.4, 0.5) is 5.69 Å². The Hall–Kier alpha value is -2.41. The number of anilines is 1. The number of aromatic amines is 1. The number of nitrogens with zero attached hydrogens (tertiary/aromatic N) is 1. The molecule has 0 spiro atoms. The van der Waals surface area contributed by atoms with Crippen LogP contribution >= 0.6 is 11.8 Å². The molecule has 2 aromatic rings. The Kier molecular flexibility index (Phi) is 7.79. The van der Waals surface area contributed by atoms with Crippen molar-refractivity contribution in [1.29, 1.82) is 0 Å². The molecule has 27 heavy (non-hydrogen) atoms. The van der Waals surface area contributed by atoms with Crippen LogP contribution in [-0.2, 0) is 11.2 Å². The molecule has 0 radical (unpaired) electrons. The van der Waals surface area contributed by atoms with Gasteiger partial charge in [0.1, 0.15) is 0 Å². The highest BCUT2D eigenvalue weighted by atomic mass is 32.2. The van der Waals surface area contributed by atoms with Gasteiger partial charge in [0.2, 0.25) is 5.91 Å². The summed E-state index contributed by atoms with van der Waals surface area (Å²) in [6.07, 6.45) is 3.31. The smallest absolute Gasteiger partial charge is 0.251 e. The first kappa shape index (κ1) is 20.9. The van der Waals surface area contributed by atoms with Gasteiger partial charge in [-0.25, -0.2) is 4.98 Å². The second kappa shape index (κ2) is 10.1. The summed E-state index contributed by atoms with van der Waals surface area (Å²) in [4.78, 5) is 43.2. The fourth-order valence-electron chi connectivity index (χ4n) is 2.52. The molecule has 0 aliphatic heterocycles. The standard InChI is InChI=1S/C20H25N3O3S/c1-4-6-9-16-12-18(25)23-20(22-16)27-17(5-2)19(26)21-15-10-7-8-14(11-15)13(3)24/h7-8,10-12,17H,4-6,9H2,1-3H3,(H,21,26)(H,22,23,25). The van der Waals surface area contributed by atoms with E-state index in [1.807, 2.05) is 6.92 Å². The van der Waals surface area contributed by atoms with Gasteiger partial charge in [0.05, 0.1) is 5.25 Å². The van der Waals surface area contributed by atoms with Gasteiger partial charge in [-0.05, 0) is 38.3 Å². The average Bonchev–Trinajstić information content (AvgIpc) is 2.64. The van der Waals surface area contributed by atoms with Crippen LogP contribution in [0.1, 0.15) is 56.1 Å². The normalized spacial score (nSPS) is 11.8. The van der Waals surface area contributed by atoms with E-state index < -0.39 is 5.25 Å². The zero-order valence-corrected chi connectivity index (χ0v) is 16.7. The Labute approximate surface area is 163 Å². The fraction of sp³-hybridized carbons (Fsp3) is 0.400. The first-order valence-corrected chi connectivity index (χ1v) is 9.99. The van der Waals surface area contributed by atoms with Crippen LogP contribution in [-0.4, -0.2) is 26.9 Å². The van der Waals surface area contributed by atoms with Crippen LogP contribution in [0.5, 0.6) is 0 Å². The van der Waals surface area contributed by atoms with Crippen molar-refractivity contribution in [2.75, 3.05) is 5.32 Å². The van der Waals surface area contributed by atoms with Gasteiger partial charge < -0.3 is 10.3 Å². The van der Waals surface area contributed by atoms with E-state index in [1.54, 1.807) is 24.3 Å². The van der Waals surface area contributed by atoms with Crippen molar-refractivity contribution in [3.05, 3.63) is 51.9 Å². The maximum absolute atomic E-state index is 12.6. The van der Waals surface area contributed by atoms with Crippen molar-refractivity contribution >= 4 is 29.1 Å².